The van der Waals surface area contributed by atoms with Gasteiger partial charge in [0.1, 0.15) is 0 Å². The highest BCUT2D eigenvalue weighted by Gasteiger charge is 2.20. The van der Waals surface area contributed by atoms with Gasteiger partial charge in [0.05, 0.1) is 0 Å². The van der Waals surface area contributed by atoms with Crippen LogP contribution >= 0.6 is 0 Å². The Hall–Kier alpha value is -0.800. The van der Waals surface area contributed by atoms with E-state index in [1.807, 2.05) is 12.3 Å². The van der Waals surface area contributed by atoms with Gasteiger partial charge in [-0.1, -0.05) is 12.8 Å². The normalized spacial score (nSPS) is 26.7. The van der Waals surface area contributed by atoms with E-state index in [0.717, 1.165) is 13.0 Å². The third-order valence-corrected chi connectivity index (χ3v) is 3.28. The van der Waals surface area contributed by atoms with E-state index in [1.54, 1.807) is 0 Å². The molecule has 1 heterocycles. The van der Waals surface area contributed by atoms with E-state index >= 15 is 0 Å². The first kappa shape index (κ1) is 10.7. The number of aromatic amines is 1. The van der Waals surface area contributed by atoms with Crippen LogP contribution in [-0.4, -0.2) is 23.6 Å². The average Bonchev–Trinajstić information content (AvgIpc) is 2.74. The molecule has 3 heteroatoms. The van der Waals surface area contributed by atoms with Gasteiger partial charge in [-0.2, -0.15) is 0 Å². The molecule has 0 amide bonds. The van der Waals surface area contributed by atoms with Crippen LogP contribution in [-0.2, 0) is 6.42 Å². The van der Waals surface area contributed by atoms with Gasteiger partial charge in [0.15, 0.2) is 0 Å². The summed E-state index contributed by atoms with van der Waals surface area (Å²) in [5.74, 6) is 0. The van der Waals surface area contributed by atoms with Gasteiger partial charge in [-0.05, 0) is 31.4 Å². The maximum absolute atomic E-state index is 6.07. The SMILES string of the molecule is NC1CCCCC1NCCc1ccc[nH]1. The molecule has 0 saturated heterocycles. The molecule has 1 aromatic rings. The van der Waals surface area contributed by atoms with Crippen molar-refractivity contribution in [3.8, 4) is 0 Å². The largest absolute Gasteiger partial charge is 0.365 e. The molecule has 1 fully saturated rings. The Morgan fingerprint density at radius 1 is 1.40 bits per heavy atom. The highest BCUT2D eigenvalue weighted by molar-refractivity contribution is 5.03. The second kappa shape index (κ2) is 5.33. The van der Waals surface area contributed by atoms with Crippen molar-refractivity contribution in [2.45, 2.75) is 44.2 Å². The molecular formula is C12H21N3. The lowest BCUT2D eigenvalue weighted by Crippen LogP contribution is -2.47. The predicted octanol–water partition coefficient (Wildman–Crippen LogP) is 1.42. The summed E-state index contributed by atoms with van der Waals surface area (Å²) in [5, 5.41) is 3.56. The Kier molecular flexibility index (Phi) is 3.80. The lowest BCUT2D eigenvalue weighted by atomic mass is 9.91. The molecule has 84 valence electrons. The fraction of sp³-hybridized carbons (Fsp3) is 0.667. The van der Waals surface area contributed by atoms with Gasteiger partial charge < -0.3 is 16.0 Å². The summed E-state index contributed by atoms with van der Waals surface area (Å²) in [5.41, 5.74) is 7.37. The zero-order valence-corrected chi connectivity index (χ0v) is 9.21. The molecule has 3 nitrogen and oxygen atoms in total. The molecule has 2 unspecified atom stereocenters. The summed E-state index contributed by atoms with van der Waals surface area (Å²) in [4.78, 5) is 3.21. The van der Waals surface area contributed by atoms with E-state index in [2.05, 4.69) is 16.4 Å². The second-order valence-electron chi connectivity index (χ2n) is 4.45. The van der Waals surface area contributed by atoms with Gasteiger partial charge in [0.2, 0.25) is 0 Å². The van der Waals surface area contributed by atoms with Crippen LogP contribution in [0.1, 0.15) is 31.4 Å². The summed E-state index contributed by atoms with van der Waals surface area (Å²) in [7, 11) is 0. The molecule has 0 aromatic carbocycles. The molecule has 15 heavy (non-hydrogen) atoms. The first-order valence-electron chi connectivity index (χ1n) is 5.97. The standard InChI is InChI=1S/C12H21N3/c13-11-5-1-2-6-12(11)15-9-7-10-4-3-8-14-10/h3-4,8,11-12,14-15H,1-2,5-7,9,13H2. The third-order valence-electron chi connectivity index (χ3n) is 3.28. The number of H-pyrrole nitrogens is 1. The summed E-state index contributed by atoms with van der Waals surface area (Å²) < 4.78 is 0. The fourth-order valence-electron chi connectivity index (χ4n) is 2.33. The Morgan fingerprint density at radius 2 is 2.27 bits per heavy atom. The van der Waals surface area contributed by atoms with E-state index in [-0.39, 0.29) is 0 Å². The van der Waals surface area contributed by atoms with Gasteiger partial charge in [-0.3, -0.25) is 0 Å². The monoisotopic (exact) mass is 207 g/mol. The lowest BCUT2D eigenvalue weighted by Gasteiger charge is -2.29. The zero-order valence-electron chi connectivity index (χ0n) is 9.21. The van der Waals surface area contributed by atoms with Gasteiger partial charge in [0.25, 0.3) is 0 Å². The van der Waals surface area contributed by atoms with Crippen molar-refractivity contribution in [2.75, 3.05) is 6.54 Å². The van der Waals surface area contributed by atoms with Gasteiger partial charge in [-0.15, -0.1) is 0 Å². The van der Waals surface area contributed by atoms with E-state index in [0.29, 0.717) is 12.1 Å². The highest BCUT2D eigenvalue weighted by Crippen LogP contribution is 2.16. The third kappa shape index (κ3) is 3.08. The molecule has 0 bridgehead atoms. The fourth-order valence-corrected chi connectivity index (χ4v) is 2.33. The van der Waals surface area contributed by atoms with Crippen LogP contribution in [0.3, 0.4) is 0 Å². The number of hydrogen-bond donors (Lipinski definition) is 3. The van der Waals surface area contributed by atoms with Crippen molar-refractivity contribution in [1.29, 1.82) is 0 Å². The van der Waals surface area contributed by atoms with Crippen molar-refractivity contribution in [3.63, 3.8) is 0 Å². The average molecular weight is 207 g/mol. The molecule has 0 spiro atoms. The van der Waals surface area contributed by atoms with Crippen molar-refractivity contribution in [3.05, 3.63) is 24.0 Å². The number of rotatable bonds is 4. The summed E-state index contributed by atoms with van der Waals surface area (Å²) in [6, 6.07) is 5.07. The molecular weight excluding hydrogens is 186 g/mol. The Balaban J connectivity index is 1.68. The summed E-state index contributed by atoms with van der Waals surface area (Å²) in [6.07, 6.45) is 8.09. The van der Waals surface area contributed by atoms with E-state index in [1.165, 1.54) is 31.4 Å². The zero-order chi connectivity index (χ0) is 10.5. The minimum Gasteiger partial charge on any atom is -0.365 e. The minimum atomic E-state index is 0.363. The van der Waals surface area contributed by atoms with E-state index in [9.17, 15) is 0 Å². The van der Waals surface area contributed by atoms with Gasteiger partial charge in [0, 0.05) is 30.5 Å². The molecule has 1 aliphatic carbocycles. The minimum absolute atomic E-state index is 0.363. The Morgan fingerprint density at radius 3 is 3.00 bits per heavy atom. The summed E-state index contributed by atoms with van der Waals surface area (Å²) >= 11 is 0. The Labute approximate surface area is 91.4 Å². The number of aromatic nitrogens is 1. The first-order chi connectivity index (χ1) is 7.36. The van der Waals surface area contributed by atoms with Crippen LogP contribution < -0.4 is 11.1 Å². The van der Waals surface area contributed by atoms with Crippen molar-refractivity contribution in [1.82, 2.24) is 10.3 Å². The number of nitrogens with two attached hydrogens (primary N) is 1. The lowest BCUT2D eigenvalue weighted by molar-refractivity contribution is 0.329. The second-order valence-corrected chi connectivity index (χ2v) is 4.45. The highest BCUT2D eigenvalue weighted by atomic mass is 15.0. The number of hydrogen-bond acceptors (Lipinski definition) is 2. The smallest absolute Gasteiger partial charge is 0.0219 e. The molecule has 4 N–H and O–H groups in total. The molecule has 0 radical (unpaired) electrons. The molecule has 1 aliphatic rings. The maximum atomic E-state index is 6.07. The molecule has 1 aromatic heterocycles. The van der Waals surface area contributed by atoms with Crippen molar-refractivity contribution < 1.29 is 0 Å². The van der Waals surface area contributed by atoms with Gasteiger partial charge in [-0.25, -0.2) is 0 Å². The van der Waals surface area contributed by atoms with Crippen LogP contribution in [0.15, 0.2) is 18.3 Å². The quantitative estimate of drug-likeness (QED) is 0.699. The molecule has 0 aliphatic heterocycles. The van der Waals surface area contributed by atoms with Crippen LogP contribution in [0.5, 0.6) is 0 Å². The van der Waals surface area contributed by atoms with Crippen LogP contribution in [0.2, 0.25) is 0 Å². The van der Waals surface area contributed by atoms with Crippen LogP contribution in [0.25, 0.3) is 0 Å². The maximum Gasteiger partial charge on any atom is 0.0219 e. The molecule has 1 saturated carbocycles. The van der Waals surface area contributed by atoms with Crippen LogP contribution in [0, 0.1) is 0 Å². The summed E-state index contributed by atoms with van der Waals surface area (Å²) in [6.45, 7) is 1.03. The molecule has 2 rings (SSSR count). The number of nitrogens with one attached hydrogen (secondary N) is 2. The predicted molar refractivity (Wildman–Crippen MR) is 62.7 cm³/mol. The van der Waals surface area contributed by atoms with Crippen molar-refractivity contribution in [2.24, 2.45) is 5.73 Å². The Bertz CT molecular complexity index is 268. The van der Waals surface area contributed by atoms with E-state index in [4.69, 9.17) is 5.73 Å². The topological polar surface area (TPSA) is 53.8 Å². The first-order valence-corrected chi connectivity index (χ1v) is 5.97. The molecule has 2 atom stereocenters. The van der Waals surface area contributed by atoms with Crippen molar-refractivity contribution >= 4 is 0 Å². The van der Waals surface area contributed by atoms with Crippen LogP contribution in [0.4, 0.5) is 0 Å². The van der Waals surface area contributed by atoms with E-state index < -0.39 is 0 Å². The van der Waals surface area contributed by atoms with Gasteiger partial charge >= 0.3 is 0 Å².